The van der Waals surface area contributed by atoms with E-state index in [0.717, 1.165) is 11.4 Å². The van der Waals surface area contributed by atoms with Crippen molar-refractivity contribution in [1.29, 1.82) is 5.26 Å². The molecule has 142 valence electrons. The van der Waals surface area contributed by atoms with Gasteiger partial charge >= 0.3 is 0 Å². The van der Waals surface area contributed by atoms with Crippen LogP contribution in [0.2, 0.25) is 0 Å². The van der Waals surface area contributed by atoms with E-state index in [4.69, 9.17) is 5.26 Å². The Balaban J connectivity index is 1.70. The average molecular weight is 378 g/mol. The van der Waals surface area contributed by atoms with E-state index in [-0.39, 0.29) is 24.8 Å². The molecule has 7 nitrogen and oxygen atoms in total. The van der Waals surface area contributed by atoms with Gasteiger partial charge in [0.1, 0.15) is 12.0 Å². The molecular formula is C20H19FN6O. The average Bonchev–Trinajstić information content (AvgIpc) is 3.13. The number of carbonyl (C=O) groups excluding carboxylic acids is 1. The molecule has 4 rings (SSSR count). The molecule has 0 bridgehead atoms. The number of hydrogen-bond donors (Lipinski definition) is 0. The van der Waals surface area contributed by atoms with Gasteiger partial charge in [-0.2, -0.15) is 15.3 Å². The fraction of sp³-hybridized carbons (Fsp3) is 0.350. The number of nitriles is 1. The first-order valence-electron chi connectivity index (χ1n) is 9.02. The van der Waals surface area contributed by atoms with Crippen molar-refractivity contribution in [2.75, 3.05) is 13.1 Å². The largest absolute Gasteiger partial charge is 0.335 e. The first-order valence-corrected chi connectivity index (χ1v) is 9.02. The number of fused-ring (bicyclic) bond motifs is 1. The molecule has 1 fully saturated rings. The first-order chi connectivity index (χ1) is 13.4. The van der Waals surface area contributed by atoms with E-state index in [1.807, 2.05) is 19.1 Å². The molecule has 1 saturated heterocycles. The third kappa shape index (κ3) is 3.31. The lowest BCUT2D eigenvalue weighted by Gasteiger charge is -2.40. The highest BCUT2D eigenvalue weighted by atomic mass is 19.1. The number of aryl methyl sites for hydroxylation is 1. The third-order valence-corrected chi connectivity index (χ3v) is 4.98. The lowest BCUT2D eigenvalue weighted by Crippen LogP contribution is -2.49. The molecule has 0 N–H and O–H groups in total. The van der Waals surface area contributed by atoms with Crippen molar-refractivity contribution in [2.45, 2.75) is 31.9 Å². The van der Waals surface area contributed by atoms with Crippen LogP contribution in [-0.4, -0.2) is 49.1 Å². The lowest BCUT2D eigenvalue weighted by atomic mass is 9.85. The second kappa shape index (κ2) is 6.68. The number of rotatable bonds is 2. The molecule has 1 aromatic carbocycles. The van der Waals surface area contributed by atoms with Crippen LogP contribution in [0.4, 0.5) is 4.39 Å². The second-order valence-electron chi connectivity index (χ2n) is 7.49. The third-order valence-electron chi connectivity index (χ3n) is 4.98. The smallest absolute Gasteiger partial charge is 0.254 e. The SMILES string of the molecule is Cc1cc(C2CN(C(=O)c3cccc(C#N)c3)CC(C)(F)C2)n2ncnc2n1. The summed E-state index contributed by atoms with van der Waals surface area (Å²) in [6.07, 6.45) is 1.69. The predicted molar refractivity (Wildman–Crippen MR) is 99.5 cm³/mol. The fourth-order valence-electron chi connectivity index (χ4n) is 3.88. The van der Waals surface area contributed by atoms with Gasteiger partial charge in [-0.3, -0.25) is 4.79 Å². The minimum Gasteiger partial charge on any atom is -0.335 e. The summed E-state index contributed by atoms with van der Waals surface area (Å²) in [6, 6.07) is 10.4. The molecule has 3 aromatic rings. The summed E-state index contributed by atoms with van der Waals surface area (Å²) in [6.45, 7) is 3.72. The van der Waals surface area contributed by atoms with Crippen LogP contribution in [0.5, 0.6) is 0 Å². The van der Waals surface area contributed by atoms with Crippen molar-refractivity contribution >= 4 is 11.7 Å². The molecule has 1 aliphatic heterocycles. The van der Waals surface area contributed by atoms with Gasteiger partial charge in [-0.05, 0) is 44.5 Å². The van der Waals surface area contributed by atoms with E-state index in [9.17, 15) is 4.79 Å². The molecule has 0 spiro atoms. The monoisotopic (exact) mass is 378 g/mol. The van der Waals surface area contributed by atoms with Crippen molar-refractivity contribution in [3.05, 3.63) is 59.2 Å². The Kier molecular flexibility index (Phi) is 4.30. The summed E-state index contributed by atoms with van der Waals surface area (Å²) in [7, 11) is 0. The number of likely N-dealkylation sites (tertiary alicyclic amines) is 1. The minimum absolute atomic E-state index is 0.00365. The van der Waals surface area contributed by atoms with E-state index >= 15 is 4.39 Å². The van der Waals surface area contributed by atoms with Crippen LogP contribution < -0.4 is 0 Å². The van der Waals surface area contributed by atoms with Crippen molar-refractivity contribution in [2.24, 2.45) is 0 Å². The zero-order valence-electron chi connectivity index (χ0n) is 15.6. The van der Waals surface area contributed by atoms with Crippen molar-refractivity contribution in [3.63, 3.8) is 0 Å². The highest BCUT2D eigenvalue weighted by Crippen LogP contribution is 2.35. The Morgan fingerprint density at radius 3 is 3.00 bits per heavy atom. The van der Waals surface area contributed by atoms with Crippen LogP contribution in [0.15, 0.2) is 36.7 Å². The van der Waals surface area contributed by atoms with Crippen LogP contribution in [0, 0.1) is 18.3 Å². The maximum Gasteiger partial charge on any atom is 0.254 e. The standard InChI is InChI=1S/C20H19FN6O/c1-13-6-17(27-19(25-13)23-12-24-27)16-8-20(2,21)11-26(10-16)18(28)15-5-3-4-14(7-15)9-22/h3-7,12,16H,8,10-11H2,1-2H3. The zero-order chi connectivity index (χ0) is 19.9. The van der Waals surface area contributed by atoms with E-state index in [1.54, 1.807) is 22.7 Å². The van der Waals surface area contributed by atoms with Crippen LogP contribution in [-0.2, 0) is 0 Å². The number of nitrogens with zero attached hydrogens (tertiary/aromatic N) is 6. The molecule has 8 heteroatoms. The fourth-order valence-corrected chi connectivity index (χ4v) is 3.88. The van der Waals surface area contributed by atoms with Crippen LogP contribution >= 0.6 is 0 Å². The lowest BCUT2D eigenvalue weighted by molar-refractivity contribution is 0.0342. The summed E-state index contributed by atoms with van der Waals surface area (Å²) >= 11 is 0. The molecule has 2 unspecified atom stereocenters. The Bertz CT molecular complexity index is 1100. The maximum atomic E-state index is 15.2. The Morgan fingerprint density at radius 2 is 2.21 bits per heavy atom. The highest BCUT2D eigenvalue weighted by molar-refractivity contribution is 5.94. The molecule has 2 aromatic heterocycles. The molecule has 1 amide bonds. The van der Waals surface area contributed by atoms with Crippen molar-refractivity contribution < 1.29 is 9.18 Å². The topological polar surface area (TPSA) is 87.2 Å². The molecule has 0 saturated carbocycles. The van der Waals surface area contributed by atoms with Crippen molar-refractivity contribution in [3.8, 4) is 6.07 Å². The summed E-state index contributed by atoms with van der Waals surface area (Å²) in [5.41, 5.74) is 0.785. The quantitative estimate of drug-likeness (QED) is 0.684. The number of amides is 1. The van der Waals surface area contributed by atoms with Gasteiger partial charge < -0.3 is 4.90 Å². The first kappa shape index (κ1) is 18.0. The van der Waals surface area contributed by atoms with Gasteiger partial charge in [-0.15, -0.1) is 0 Å². The van der Waals surface area contributed by atoms with Gasteiger partial charge in [0, 0.05) is 23.7 Å². The van der Waals surface area contributed by atoms with Gasteiger partial charge in [-0.1, -0.05) is 6.07 Å². The summed E-state index contributed by atoms with van der Waals surface area (Å²) in [4.78, 5) is 23.0. The summed E-state index contributed by atoms with van der Waals surface area (Å²) < 4.78 is 16.8. The van der Waals surface area contributed by atoms with Gasteiger partial charge in [0.15, 0.2) is 0 Å². The summed E-state index contributed by atoms with van der Waals surface area (Å²) in [5.74, 6) is -0.0789. The molecular weight excluding hydrogens is 359 g/mol. The minimum atomic E-state index is -1.55. The van der Waals surface area contributed by atoms with E-state index in [1.165, 1.54) is 24.2 Å². The van der Waals surface area contributed by atoms with Gasteiger partial charge in [-0.25, -0.2) is 13.9 Å². The van der Waals surface area contributed by atoms with Gasteiger partial charge in [0.05, 0.1) is 23.9 Å². The molecule has 0 aliphatic carbocycles. The normalized spacial score (nSPS) is 22.2. The van der Waals surface area contributed by atoms with Crippen LogP contribution in [0.25, 0.3) is 5.78 Å². The summed E-state index contributed by atoms with van der Waals surface area (Å²) in [5, 5.41) is 13.3. The maximum absolute atomic E-state index is 15.2. The number of aromatic nitrogens is 4. The Morgan fingerprint density at radius 1 is 1.39 bits per heavy atom. The predicted octanol–water partition coefficient (Wildman–Crippen LogP) is 2.66. The van der Waals surface area contributed by atoms with Gasteiger partial charge in [0.2, 0.25) is 0 Å². The Hall–Kier alpha value is -3.34. The highest BCUT2D eigenvalue weighted by Gasteiger charge is 2.40. The molecule has 3 heterocycles. The van der Waals surface area contributed by atoms with E-state index in [0.29, 0.717) is 23.4 Å². The zero-order valence-corrected chi connectivity index (χ0v) is 15.6. The molecule has 28 heavy (non-hydrogen) atoms. The molecule has 0 radical (unpaired) electrons. The number of hydrogen-bond acceptors (Lipinski definition) is 5. The van der Waals surface area contributed by atoms with Gasteiger partial charge in [0.25, 0.3) is 11.7 Å². The molecule has 1 aliphatic rings. The van der Waals surface area contributed by atoms with Crippen LogP contribution in [0.3, 0.4) is 0 Å². The number of carbonyl (C=O) groups is 1. The molecule has 2 atom stereocenters. The number of alkyl halides is 1. The van der Waals surface area contributed by atoms with E-state index in [2.05, 4.69) is 15.1 Å². The number of piperidine rings is 1. The number of benzene rings is 1. The van der Waals surface area contributed by atoms with Crippen LogP contribution in [0.1, 0.15) is 46.6 Å². The Labute approximate surface area is 161 Å². The second-order valence-corrected chi connectivity index (χ2v) is 7.49. The van der Waals surface area contributed by atoms with Crippen molar-refractivity contribution in [1.82, 2.24) is 24.5 Å². The number of halogens is 1. The van der Waals surface area contributed by atoms with E-state index < -0.39 is 5.67 Å².